The van der Waals surface area contributed by atoms with Crippen LogP contribution in [-0.4, -0.2) is 12.4 Å². The van der Waals surface area contributed by atoms with Crippen molar-refractivity contribution in [1.29, 1.82) is 0 Å². The second kappa shape index (κ2) is 19.0. The molecule has 344 valence electrons. The maximum atomic E-state index is 15.4. The van der Waals surface area contributed by atoms with Gasteiger partial charge in [-0.2, -0.15) is 0 Å². The van der Waals surface area contributed by atoms with Gasteiger partial charge < -0.3 is 0 Å². The average molecular weight is 989 g/mol. The van der Waals surface area contributed by atoms with Gasteiger partial charge in [0.1, 0.15) is 52.7 Å². The van der Waals surface area contributed by atoms with E-state index in [-0.39, 0.29) is 10.9 Å². The molecule has 7 aromatic carbocycles. The van der Waals surface area contributed by atoms with Crippen molar-refractivity contribution in [2.24, 2.45) is 0 Å². The monoisotopic (exact) mass is 988 g/mol. The maximum absolute atomic E-state index is 15.4. The van der Waals surface area contributed by atoms with Crippen LogP contribution in [0.4, 0.5) is 87.8 Å². The summed E-state index contributed by atoms with van der Waals surface area (Å²) in [5, 5.41) is 0. The highest BCUT2D eigenvalue weighted by molar-refractivity contribution is 7.98. The standard InChI is InChI=1S/C24BF20.C19H17S2/c26-5-1(6(27)14(35)21(42)13(5)34)25(2-7(28)15(36)22(43)16(37)8(2)29,3-9(30)17(38)23(44)18(39)10(3)31)4-11(32)19(40)24(45)20(41)12(4)33;1-20-16-12-14-19(15-13-16)21(17-8-4-2-5-9-17)18-10-6-3-7-11-18/h;2-15H,1H3/q-1;+1. The molecule has 7 aromatic rings. The van der Waals surface area contributed by atoms with Gasteiger partial charge in [-0.25, -0.2) is 87.8 Å². The largest absolute Gasteiger partial charge is 0.207 e. The summed E-state index contributed by atoms with van der Waals surface area (Å²) in [6, 6.07) is 30.5. The zero-order valence-electron chi connectivity index (χ0n) is 32.0. The normalized spacial score (nSPS) is 11.6. The number of benzene rings is 7. The molecule has 0 fully saturated rings. The van der Waals surface area contributed by atoms with Gasteiger partial charge in [-0.1, -0.05) is 36.4 Å². The first-order valence-electron chi connectivity index (χ1n) is 17.8. The minimum absolute atomic E-state index is 0.0341. The lowest BCUT2D eigenvalue weighted by Gasteiger charge is -2.44. The molecule has 0 aromatic heterocycles. The molecule has 0 aliphatic heterocycles. The van der Waals surface area contributed by atoms with Crippen LogP contribution in [0.5, 0.6) is 0 Å². The van der Waals surface area contributed by atoms with Gasteiger partial charge in [0.25, 0.3) is 0 Å². The number of hydrogen-bond acceptors (Lipinski definition) is 1. The Morgan fingerprint density at radius 2 is 0.470 bits per heavy atom. The molecular weight excluding hydrogens is 971 g/mol. The van der Waals surface area contributed by atoms with Crippen LogP contribution in [0.1, 0.15) is 0 Å². The highest BCUT2D eigenvalue weighted by atomic mass is 32.2. The zero-order chi connectivity index (χ0) is 48.8. The number of hydrogen-bond donors (Lipinski definition) is 0. The topological polar surface area (TPSA) is 0 Å². The summed E-state index contributed by atoms with van der Waals surface area (Å²) in [5.41, 5.74) is -14.3. The lowest BCUT2D eigenvalue weighted by Crippen LogP contribution is -2.81. The van der Waals surface area contributed by atoms with E-state index in [0.29, 0.717) is 0 Å². The van der Waals surface area contributed by atoms with Gasteiger partial charge in [0.15, 0.2) is 84.5 Å². The van der Waals surface area contributed by atoms with Crippen molar-refractivity contribution >= 4 is 50.7 Å². The fraction of sp³-hybridized carbons (Fsp3) is 0.0233. The van der Waals surface area contributed by atoms with Crippen molar-refractivity contribution in [3.8, 4) is 0 Å². The first-order chi connectivity index (χ1) is 31.1. The third-order valence-electron chi connectivity index (χ3n) is 9.96. The van der Waals surface area contributed by atoms with Crippen LogP contribution in [-0.2, 0) is 10.9 Å². The number of rotatable bonds is 8. The van der Waals surface area contributed by atoms with Crippen LogP contribution in [0.3, 0.4) is 0 Å². The number of halogens is 20. The molecule has 0 aliphatic carbocycles. The molecule has 0 nitrogen and oxygen atoms in total. The molecule has 23 heteroatoms. The molecule has 0 saturated carbocycles. The summed E-state index contributed by atoms with van der Waals surface area (Å²) in [4.78, 5) is 5.40. The molecule has 0 saturated heterocycles. The molecule has 0 spiro atoms. The molecule has 0 unspecified atom stereocenters. The molecule has 0 atom stereocenters. The van der Waals surface area contributed by atoms with Crippen LogP contribution in [0, 0.1) is 116 Å². The molecule has 66 heavy (non-hydrogen) atoms. The summed E-state index contributed by atoms with van der Waals surface area (Å²) >= 11 is 1.78. The van der Waals surface area contributed by atoms with E-state index in [2.05, 4.69) is 91.2 Å². The van der Waals surface area contributed by atoms with Crippen LogP contribution in [0.2, 0.25) is 0 Å². The quantitative estimate of drug-likeness (QED) is 0.0365. The minimum atomic E-state index is -7.22. The molecule has 7 rings (SSSR count). The SMILES string of the molecule is CSc1ccc([S+](c2ccccc2)c2ccccc2)cc1.Fc1c(F)c(F)c([B-](c2c(F)c(F)c(F)c(F)c2F)(c2c(F)c(F)c(F)c(F)c2F)c2c(F)c(F)c(F)c(F)c2F)c(F)c1F. The second-order valence-electron chi connectivity index (χ2n) is 13.4. The van der Waals surface area contributed by atoms with E-state index in [1.165, 1.54) is 19.6 Å². The Balaban J connectivity index is 0.000000284. The van der Waals surface area contributed by atoms with E-state index in [4.69, 9.17) is 0 Å². The van der Waals surface area contributed by atoms with Crippen LogP contribution < -0.4 is 21.9 Å². The lowest BCUT2D eigenvalue weighted by molar-refractivity contribution is 0.378. The van der Waals surface area contributed by atoms with Crippen LogP contribution in [0.25, 0.3) is 0 Å². The highest BCUT2D eigenvalue weighted by Crippen LogP contribution is 2.33. The zero-order valence-corrected chi connectivity index (χ0v) is 33.7. The van der Waals surface area contributed by atoms with Crippen molar-refractivity contribution in [2.45, 2.75) is 19.6 Å². The van der Waals surface area contributed by atoms with E-state index >= 15 is 35.1 Å². The fourth-order valence-corrected chi connectivity index (χ4v) is 9.60. The fourth-order valence-electron chi connectivity index (χ4n) is 7.11. The molecule has 0 aliphatic rings. The van der Waals surface area contributed by atoms with Crippen LogP contribution >= 0.6 is 11.8 Å². The molecule has 0 heterocycles. The smallest absolute Gasteiger partial charge is 0.200 e. The Morgan fingerprint density at radius 1 is 0.273 bits per heavy atom. The van der Waals surface area contributed by atoms with E-state index < -0.39 is 144 Å². The van der Waals surface area contributed by atoms with Gasteiger partial charge in [-0.3, -0.25) is 0 Å². The van der Waals surface area contributed by atoms with Gasteiger partial charge in [0.05, 0.1) is 10.9 Å². The Kier molecular flexibility index (Phi) is 14.2. The van der Waals surface area contributed by atoms with Crippen molar-refractivity contribution in [2.75, 3.05) is 6.26 Å². The molecular formula is C43H17BF20S2. The van der Waals surface area contributed by atoms with Gasteiger partial charge >= 0.3 is 0 Å². The summed E-state index contributed by atoms with van der Waals surface area (Å²) in [6.07, 6.45) is -5.10. The van der Waals surface area contributed by atoms with E-state index in [1.807, 2.05) is 0 Å². The van der Waals surface area contributed by atoms with Crippen LogP contribution in [0.15, 0.2) is 105 Å². The first kappa shape index (κ1) is 49.3. The highest BCUT2D eigenvalue weighted by Gasteiger charge is 2.52. The summed E-state index contributed by atoms with van der Waals surface area (Å²) in [5.74, 6) is -71.4. The Morgan fingerprint density at radius 3 is 0.682 bits per heavy atom. The lowest BCUT2D eigenvalue weighted by atomic mass is 9.12. The first-order valence-corrected chi connectivity index (χ1v) is 20.3. The maximum Gasteiger partial charge on any atom is 0.200 e. The third kappa shape index (κ3) is 7.92. The van der Waals surface area contributed by atoms with Crippen molar-refractivity contribution in [3.63, 3.8) is 0 Å². The minimum Gasteiger partial charge on any atom is -0.207 e. The van der Waals surface area contributed by atoms with E-state index in [0.717, 1.165) is 0 Å². The summed E-state index contributed by atoms with van der Waals surface area (Å²) < 4.78 is 294. The molecule has 0 N–H and O–H groups in total. The predicted molar refractivity (Wildman–Crippen MR) is 202 cm³/mol. The summed E-state index contributed by atoms with van der Waals surface area (Å²) in [6.45, 7) is 0. The third-order valence-corrected chi connectivity index (χ3v) is 12.9. The molecule has 0 bridgehead atoms. The van der Waals surface area contributed by atoms with Crippen molar-refractivity contribution < 1.29 is 87.8 Å². The Hall–Kier alpha value is -6.10. The Labute approximate surface area is 364 Å². The van der Waals surface area contributed by atoms with E-state index in [1.54, 1.807) is 11.8 Å². The second-order valence-corrected chi connectivity index (χ2v) is 16.3. The Bertz CT molecular complexity index is 2590. The van der Waals surface area contributed by atoms with E-state index in [9.17, 15) is 52.7 Å². The van der Waals surface area contributed by atoms with Gasteiger partial charge in [-0.05, 0) is 54.8 Å². The van der Waals surface area contributed by atoms with Crippen molar-refractivity contribution in [3.05, 3.63) is 201 Å². The molecule has 0 radical (unpaired) electrons. The van der Waals surface area contributed by atoms with Gasteiger partial charge in [0, 0.05) is 4.90 Å². The average Bonchev–Trinajstić information content (AvgIpc) is 3.32. The number of thioether (sulfide) groups is 1. The summed E-state index contributed by atoms with van der Waals surface area (Å²) in [7, 11) is -0.0341. The van der Waals surface area contributed by atoms with Crippen molar-refractivity contribution in [1.82, 2.24) is 0 Å². The van der Waals surface area contributed by atoms with Gasteiger partial charge in [-0.15, -0.1) is 33.6 Å². The van der Waals surface area contributed by atoms with Gasteiger partial charge in [0.2, 0.25) is 0 Å². The predicted octanol–water partition coefficient (Wildman–Crippen LogP) is 11.3. The molecule has 0 amide bonds.